The lowest BCUT2D eigenvalue weighted by atomic mass is 9.87. The molecule has 0 aliphatic heterocycles. The fourth-order valence-corrected chi connectivity index (χ4v) is 4.59. The molecule has 0 spiro atoms. The molecular weight excluding hydrogens is 555 g/mol. The topological polar surface area (TPSA) is 63.0 Å². The Bertz CT molecular complexity index is 1480. The van der Waals surface area contributed by atoms with Gasteiger partial charge in [-0.1, -0.05) is 75.2 Å². The molecule has 37 heavy (non-hydrogen) atoms. The van der Waals surface area contributed by atoms with Gasteiger partial charge in [0.2, 0.25) is 0 Å². The van der Waals surface area contributed by atoms with Gasteiger partial charge in [0.15, 0.2) is 5.60 Å². The summed E-state index contributed by atoms with van der Waals surface area (Å²) in [5.41, 5.74) is 2.49. The Morgan fingerprint density at radius 2 is 1.57 bits per heavy atom. The van der Waals surface area contributed by atoms with E-state index in [4.69, 9.17) is 11.6 Å². The normalized spacial score (nSPS) is 12.8. The molecule has 5 nitrogen and oxygen atoms in total. The average Bonchev–Trinajstić information content (AvgIpc) is 3.33. The van der Waals surface area contributed by atoms with Gasteiger partial charge in [0.05, 0.1) is 18.8 Å². The highest BCUT2D eigenvalue weighted by Crippen LogP contribution is 2.36. The number of halogens is 3. The molecule has 4 aromatic carbocycles. The summed E-state index contributed by atoms with van der Waals surface area (Å²) >= 11 is 9.61. The highest BCUT2D eigenvalue weighted by molar-refractivity contribution is 9.10. The molecular formula is C29H23BrClFN4O. The SMILES string of the molecule is OC(CNc1ccc(Br)cc1)(c1ccc(Cl)cc1)c1nnn(Cc2ccccc2)c1-c1ccc(F)cc1. The van der Waals surface area contributed by atoms with Gasteiger partial charge in [-0.05, 0) is 71.8 Å². The maximum absolute atomic E-state index is 13.8. The first-order valence-electron chi connectivity index (χ1n) is 11.6. The quantitative estimate of drug-likeness (QED) is 0.211. The van der Waals surface area contributed by atoms with Gasteiger partial charge in [-0.2, -0.15) is 0 Å². The van der Waals surface area contributed by atoms with Crippen molar-refractivity contribution in [3.8, 4) is 11.3 Å². The molecule has 2 N–H and O–H groups in total. The lowest BCUT2D eigenvalue weighted by Gasteiger charge is -2.29. The zero-order chi connectivity index (χ0) is 25.8. The summed E-state index contributed by atoms with van der Waals surface area (Å²) in [6.07, 6.45) is 0. The molecule has 1 heterocycles. The van der Waals surface area contributed by atoms with Gasteiger partial charge in [-0.15, -0.1) is 5.10 Å². The van der Waals surface area contributed by atoms with Crippen molar-refractivity contribution in [2.45, 2.75) is 12.1 Å². The highest BCUT2D eigenvalue weighted by atomic mass is 79.9. The van der Waals surface area contributed by atoms with Crippen molar-refractivity contribution in [3.63, 3.8) is 0 Å². The summed E-state index contributed by atoms with van der Waals surface area (Å²) < 4.78 is 16.5. The van der Waals surface area contributed by atoms with Gasteiger partial charge >= 0.3 is 0 Å². The smallest absolute Gasteiger partial charge is 0.153 e. The van der Waals surface area contributed by atoms with E-state index >= 15 is 0 Å². The van der Waals surface area contributed by atoms with Crippen molar-refractivity contribution < 1.29 is 9.50 Å². The molecule has 8 heteroatoms. The third-order valence-electron chi connectivity index (χ3n) is 6.13. The van der Waals surface area contributed by atoms with E-state index in [1.54, 1.807) is 41.1 Å². The third-order valence-corrected chi connectivity index (χ3v) is 6.91. The summed E-state index contributed by atoms with van der Waals surface area (Å²) in [5, 5.41) is 25.2. The van der Waals surface area contributed by atoms with Crippen LogP contribution in [0.3, 0.4) is 0 Å². The zero-order valence-electron chi connectivity index (χ0n) is 19.7. The second kappa shape index (κ2) is 10.8. The van der Waals surface area contributed by atoms with Crippen LogP contribution in [-0.4, -0.2) is 26.6 Å². The molecule has 5 aromatic rings. The number of hydrogen-bond donors (Lipinski definition) is 2. The summed E-state index contributed by atoms with van der Waals surface area (Å²) in [5.74, 6) is -0.350. The van der Waals surface area contributed by atoms with Gasteiger partial charge in [0.25, 0.3) is 0 Å². The highest BCUT2D eigenvalue weighted by Gasteiger charge is 2.38. The molecule has 0 radical (unpaired) electrons. The molecule has 0 aliphatic rings. The van der Waals surface area contributed by atoms with Crippen LogP contribution in [0, 0.1) is 5.82 Å². The number of aliphatic hydroxyl groups is 1. The van der Waals surface area contributed by atoms with Crippen molar-refractivity contribution in [1.29, 1.82) is 0 Å². The first kappa shape index (κ1) is 25.1. The largest absolute Gasteiger partial charge is 0.381 e. The first-order chi connectivity index (χ1) is 17.9. The summed E-state index contributed by atoms with van der Waals surface area (Å²) in [6.45, 7) is 0.534. The Hall–Kier alpha value is -3.52. The number of nitrogens with zero attached hydrogens (tertiary/aromatic N) is 3. The average molecular weight is 578 g/mol. The van der Waals surface area contributed by atoms with Gasteiger partial charge < -0.3 is 10.4 Å². The molecule has 186 valence electrons. The van der Waals surface area contributed by atoms with E-state index in [1.807, 2.05) is 54.6 Å². The van der Waals surface area contributed by atoms with Gasteiger partial charge in [0, 0.05) is 20.7 Å². The van der Waals surface area contributed by atoms with Crippen LogP contribution in [0.1, 0.15) is 16.8 Å². The van der Waals surface area contributed by atoms with Gasteiger partial charge in [-0.25, -0.2) is 9.07 Å². The van der Waals surface area contributed by atoms with E-state index < -0.39 is 5.60 Å². The molecule has 0 saturated carbocycles. The van der Waals surface area contributed by atoms with E-state index in [0.717, 1.165) is 15.7 Å². The minimum absolute atomic E-state index is 0.106. The van der Waals surface area contributed by atoms with Crippen LogP contribution in [0.2, 0.25) is 5.02 Å². The fraction of sp³-hybridized carbons (Fsp3) is 0.103. The van der Waals surface area contributed by atoms with Crippen LogP contribution < -0.4 is 5.32 Å². The van der Waals surface area contributed by atoms with E-state index in [9.17, 15) is 9.50 Å². The Kier molecular flexibility index (Phi) is 7.37. The molecule has 5 rings (SSSR count). The number of aromatic nitrogens is 3. The van der Waals surface area contributed by atoms with Crippen LogP contribution in [0.25, 0.3) is 11.3 Å². The van der Waals surface area contributed by atoms with Crippen molar-refractivity contribution in [1.82, 2.24) is 15.0 Å². The van der Waals surface area contributed by atoms with Crippen LogP contribution in [-0.2, 0) is 12.1 Å². The molecule has 0 fully saturated rings. The van der Waals surface area contributed by atoms with Crippen molar-refractivity contribution >= 4 is 33.2 Å². The Labute approximate surface area is 227 Å². The van der Waals surface area contributed by atoms with Gasteiger partial charge in [-0.3, -0.25) is 0 Å². The van der Waals surface area contributed by atoms with Crippen molar-refractivity contribution in [3.05, 3.63) is 135 Å². The van der Waals surface area contributed by atoms with Crippen LogP contribution in [0.15, 0.2) is 108 Å². The number of hydrogen-bond acceptors (Lipinski definition) is 4. The third kappa shape index (κ3) is 5.59. The number of rotatable bonds is 8. The Morgan fingerprint density at radius 1 is 0.892 bits per heavy atom. The predicted molar refractivity (Wildman–Crippen MR) is 148 cm³/mol. The molecule has 1 aromatic heterocycles. The van der Waals surface area contributed by atoms with E-state index in [0.29, 0.717) is 34.1 Å². The molecule has 0 amide bonds. The lowest BCUT2D eigenvalue weighted by molar-refractivity contribution is 0.0907. The lowest BCUT2D eigenvalue weighted by Crippen LogP contribution is -2.36. The minimum atomic E-state index is -1.59. The fourth-order valence-electron chi connectivity index (χ4n) is 4.20. The van der Waals surface area contributed by atoms with Crippen LogP contribution in [0.4, 0.5) is 10.1 Å². The van der Waals surface area contributed by atoms with E-state index in [2.05, 4.69) is 31.6 Å². The summed E-state index contributed by atoms with van der Waals surface area (Å²) in [7, 11) is 0. The summed E-state index contributed by atoms with van der Waals surface area (Å²) in [6, 6.07) is 30.7. The van der Waals surface area contributed by atoms with Crippen molar-refractivity contribution in [2.75, 3.05) is 11.9 Å². The second-order valence-electron chi connectivity index (χ2n) is 8.66. The second-order valence-corrected chi connectivity index (χ2v) is 10.0. The van der Waals surface area contributed by atoms with E-state index in [1.165, 1.54) is 12.1 Å². The standard InChI is InChI=1S/C29H23BrClFN4O/c30-23-10-16-26(17-11-23)33-19-29(37,22-8-12-24(31)13-9-22)28-27(21-6-14-25(32)15-7-21)36(35-34-28)18-20-4-2-1-3-5-20/h1-17,33,37H,18-19H2. The predicted octanol–water partition coefficient (Wildman–Crippen LogP) is 6.90. The Morgan fingerprint density at radius 3 is 2.24 bits per heavy atom. The summed E-state index contributed by atoms with van der Waals surface area (Å²) in [4.78, 5) is 0. The molecule has 1 atom stereocenters. The van der Waals surface area contributed by atoms with Crippen molar-refractivity contribution in [2.24, 2.45) is 0 Å². The first-order valence-corrected chi connectivity index (χ1v) is 12.8. The van der Waals surface area contributed by atoms with Gasteiger partial charge in [0.1, 0.15) is 11.5 Å². The van der Waals surface area contributed by atoms with E-state index in [-0.39, 0.29) is 12.4 Å². The monoisotopic (exact) mass is 576 g/mol. The Balaban J connectivity index is 1.64. The molecule has 0 saturated heterocycles. The van der Waals surface area contributed by atoms with Crippen LogP contribution in [0.5, 0.6) is 0 Å². The maximum atomic E-state index is 13.8. The molecule has 0 bridgehead atoms. The maximum Gasteiger partial charge on any atom is 0.153 e. The minimum Gasteiger partial charge on any atom is -0.381 e. The number of benzene rings is 4. The zero-order valence-corrected chi connectivity index (χ0v) is 22.0. The van der Waals surface area contributed by atoms with Crippen LogP contribution >= 0.6 is 27.5 Å². The number of nitrogens with one attached hydrogen (secondary N) is 1. The molecule has 0 aliphatic carbocycles. The molecule has 1 unspecified atom stereocenters. The number of anilines is 1.